The van der Waals surface area contributed by atoms with E-state index in [1.165, 1.54) is 6.42 Å². The summed E-state index contributed by atoms with van der Waals surface area (Å²) in [4.78, 5) is 0. The standard InChI is InChI=1S/C9H19NO/c1-4-11-9(7-10)6-5-8(9,2)3/h4-7,10H2,1-3H3. The van der Waals surface area contributed by atoms with E-state index in [1.807, 2.05) is 6.92 Å². The zero-order chi connectivity index (χ0) is 8.54. The van der Waals surface area contributed by atoms with Crippen molar-refractivity contribution in [2.24, 2.45) is 11.1 Å². The minimum atomic E-state index is -0.0122. The first-order chi connectivity index (χ1) is 5.08. The van der Waals surface area contributed by atoms with Crippen LogP contribution in [0, 0.1) is 5.41 Å². The maximum Gasteiger partial charge on any atom is 0.0854 e. The third-order valence-corrected chi connectivity index (χ3v) is 3.14. The third-order valence-electron chi connectivity index (χ3n) is 3.14. The highest BCUT2D eigenvalue weighted by atomic mass is 16.5. The maximum atomic E-state index is 5.71. The largest absolute Gasteiger partial charge is 0.373 e. The van der Waals surface area contributed by atoms with Gasteiger partial charge in [-0.2, -0.15) is 0 Å². The second kappa shape index (κ2) is 2.76. The van der Waals surface area contributed by atoms with Crippen molar-refractivity contribution in [1.29, 1.82) is 0 Å². The second-order valence-electron chi connectivity index (χ2n) is 4.02. The zero-order valence-electron chi connectivity index (χ0n) is 7.81. The monoisotopic (exact) mass is 157 g/mol. The molecule has 0 aliphatic heterocycles. The molecule has 1 aliphatic rings. The van der Waals surface area contributed by atoms with Gasteiger partial charge in [-0.05, 0) is 25.2 Å². The highest BCUT2D eigenvalue weighted by molar-refractivity contribution is 5.05. The van der Waals surface area contributed by atoms with Crippen LogP contribution >= 0.6 is 0 Å². The zero-order valence-corrected chi connectivity index (χ0v) is 7.81. The van der Waals surface area contributed by atoms with E-state index in [4.69, 9.17) is 10.5 Å². The quantitative estimate of drug-likeness (QED) is 0.674. The number of nitrogens with two attached hydrogens (primary N) is 1. The maximum absolute atomic E-state index is 5.71. The van der Waals surface area contributed by atoms with Crippen LogP contribution in [0.2, 0.25) is 0 Å². The lowest BCUT2D eigenvalue weighted by Gasteiger charge is -2.55. The van der Waals surface area contributed by atoms with Crippen molar-refractivity contribution in [3.05, 3.63) is 0 Å². The van der Waals surface area contributed by atoms with Crippen LogP contribution in [0.4, 0.5) is 0 Å². The van der Waals surface area contributed by atoms with Gasteiger partial charge in [-0.25, -0.2) is 0 Å². The molecule has 1 saturated carbocycles. The average Bonchev–Trinajstić information content (AvgIpc) is 1.98. The highest BCUT2D eigenvalue weighted by Gasteiger charge is 2.52. The number of rotatable bonds is 3. The first kappa shape index (κ1) is 9.01. The van der Waals surface area contributed by atoms with Gasteiger partial charge in [0.15, 0.2) is 0 Å². The molecule has 1 unspecified atom stereocenters. The Kier molecular flexibility index (Phi) is 2.26. The Morgan fingerprint density at radius 3 is 2.09 bits per heavy atom. The first-order valence-corrected chi connectivity index (χ1v) is 4.42. The van der Waals surface area contributed by atoms with Gasteiger partial charge in [-0.3, -0.25) is 0 Å². The predicted octanol–water partition coefficient (Wildman–Crippen LogP) is 1.54. The topological polar surface area (TPSA) is 35.2 Å². The van der Waals surface area contributed by atoms with Gasteiger partial charge in [-0.1, -0.05) is 13.8 Å². The van der Waals surface area contributed by atoms with E-state index in [-0.39, 0.29) is 11.0 Å². The van der Waals surface area contributed by atoms with Gasteiger partial charge >= 0.3 is 0 Å². The lowest BCUT2D eigenvalue weighted by Crippen LogP contribution is -2.60. The van der Waals surface area contributed by atoms with Crippen LogP contribution in [0.15, 0.2) is 0 Å². The second-order valence-corrected chi connectivity index (χ2v) is 4.02. The van der Waals surface area contributed by atoms with Gasteiger partial charge in [-0.15, -0.1) is 0 Å². The van der Waals surface area contributed by atoms with Crippen LogP contribution in [-0.4, -0.2) is 18.8 Å². The highest BCUT2D eigenvalue weighted by Crippen LogP contribution is 2.51. The molecular formula is C9H19NO. The minimum Gasteiger partial charge on any atom is -0.373 e. The molecule has 0 aromatic heterocycles. The van der Waals surface area contributed by atoms with Crippen molar-refractivity contribution in [3.8, 4) is 0 Å². The average molecular weight is 157 g/mol. The van der Waals surface area contributed by atoms with E-state index in [9.17, 15) is 0 Å². The molecule has 0 bridgehead atoms. The fourth-order valence-electron chi connectivity index (χ4n) is 1.88. The molecule has 2 nitrogen and oxygen atoms in total. The van der Waals surface area contributed by atoms with Gasteiger partial charge in [0.1, 0.15) is 0 Å². The van der Waals surface area contributed by atoms with Crippen molar-refractivity contribution in [1.82, 2.24) is 0 Å². The van der Waals surface area contributed by atoms with Crippen LogP contribution in [0.25, 0.3) is 0 Å². The molecule has 1 aliphatic carbocycles. The van der Waals surface area contributed by atoms with Crippen LogP contribution < -0.4 is 5.73 Å². The molecule has 2 heteroatoms. The summed E-state index contributed by atoms with van der Waals surface area (Å²) in [5.74, 6) is 0. The summed E-state index contributed by atoms with van der Waals surface area (Å²) in [5.41, 5.74) is 5.98. The summed E-state index contributed by atoms with van der Waals surface area (Å²) in [6, 6.07) is 0. The smallest absolute Gasteiger partial charge is 0.0854 e. The number of ether oxygens (including phenoxy) is 1. The molecular weight excluding hydrogens is 138 g/mol. The molecule has 66 valence electrons. The molecule has 0 heterocycles. The summed E-state index contributed by atoms with van der Waals surface area (Å²) in [7, 11) is 0. The summed E-state index contributed by atoms with van der Waals surface area (Å²) < 4.78 is 5.70. The van der Waals surface area contributed by atoms with Crippen LogP contribution in [0.3, 0.4) is 0 Å². The third kappa shape index (κ3) is 1.18. The molecule has 0 radical (unpaired) electrons. The molecule has 1 rings (SSSR count). The summed E-state index contributed by atoms with van der Waals surface area (Å²) in [6.07, 6.45) is 2.37. The number of hydrogen-bond donors (Lipinski definition) is 1. The van der Waals surface area contributed by atoms with E-state index < -0.39 is 0 Å². The van der Waals surface area contributed by atoms with Gasteiger partial charge in [0, 0.05) is 13.2 Å². The van der Waals surface area contributed by atoms with Crippen LogP contribution in [0.1, 0.15) is 33.6 Å². The summed E-state index contributed by atoms with van der Waals surface area (Å²) in [5, 5.41) is 0. The van der Waals surface area contributed by atoms with E-state index in [0.29, 0.717) is 6.54 Å². The Balaban J connectivity index is 2.62. The number of hydrogen-bond acceptors (Lipinski definition) is 2. The van der Waals surface area contributed by atoms with Gasteiger partial charge in [0.2, 0.25) is 0 Å². The molecule has 0 amide bonds. The normalized spacial score (nSPS) is 34.9. The van der Waals surface area contributed by atoms with Crippen molar-refractivity contribution in [2.45, 2.75) is 39.2 Å². The molecule has 0 aromatic carbocycles. The Hall–Kier alpha value is -0.0800. The SMILES string of the molecule is CCOC1(CN)CCC1(C)C. The van der Waals surface area contributed by atoms with Crippen molar-refractivity contribution in [2.75, 3.05) is 13.2 Å². The lowest BCUT2D eigenvalue weighted by atomic mass is 9.58. The van der Waals surface area contributed by atoms with Crippen molar-refractivity contribution >= 4 is 0 Å². The van der Waals surface area contributed by atoms with Crippen LogP contribution in [-0.2, 0) is 4.74 Å². The van der Waals surface area contributed by atoms with Crippen molar-refractivity contribution < 1.29 is 4.74 Å². The van der Waals surface area contributed by atoms with E-state index >= 15 is 0 Å². The first-order valence-electron chi connectivity index (χ1n) is 4.42. The van der Waals surface area contributed by atoms with E-state index in [0.717, 1.165) is 13.0 Å². The Bertz CT molecular complexity index is 140. The van der Waals surface area contributed by atoms with Crippen molar-refractivity contribution in [3.63, 3.8) is 0 Å². The molecule has 2 N–H and O–H groups in total. The Morgan fingerprint density at radius 1 is 1.36 bits per heavy atom. The van der Waals surface area contributed by atoms with Gasteiger partial charge < -0.3 is 10.5 Å². The Labute approximate surface area is 69.1 Å². The molecule has 1 fully saturated rings. The molecule has 0 saturated heterocycles. The van der Waals surface area contributed by atoms with Gasteiger partial charge in [0.25, 0.3) is 0 Å². The predicted molar refractivity (Wildman–Crippen MR) is 46.4 cm³/mol. The fourth-order valence-corrected chi connectivity index (χ4v) is 1.88. The molecule has 1 atom stereocenters. The van der Waals surface area contributed by atoms with E-state index in [2.05, 4.69) is 13.8 Å². The summed E-state index contributed by atoms with van der Waals surface area (Å²) >= 11 is 0. The molecule has 11 heavy (non-hydrogen) atoms. The fraction of sp³-hybridized carbons (Fsp3) is 1.00. The molecule has 0 spiro atoms. The minimum absolute atomic E-state index is 0.0122. The summed E-state index contributed by atoms with van der Waals surface area (Å²) in [6.45, 7) is 7.94. The van der Waals surface area contributed by atoms with E-state index in [1.54, 1.807) is 0 Å². The molecule has 0 aromatic rings. The van der Waals surface area contributed by atoms with Gasteiger partial charge in [0.05, 0.1) is 5.60 Å². The van der Waals surface area contributed by atoms with Crippen LogP contribution in [0.5, 0.6) is 0 Å². The Morgan fingerprint density at radius 2 is 2.00 bits per heavy atom. The lowest BCUT2D eigenvalue weighted by molar-refractivity contribution is -0.179.